The molecule has 0 aromatic heterocycles. The van der Waals surface area contributed by atoms with E-state index in [9.17, 15) is 9.59 Å². The summed E-state index contributed by atoms with van der Waals surface area (Å²) in [7, 11) is 1.56. The van der Waals surface area contributed by atoms with E-state index in [1.54, 1.807) is 14.0 Å². The first-order valence-corrected chi connectivity index (χ1v) is 11.0. The van der Waals surface area contributed by atoms with Crippen LogP contribution < -0.4 is 10.1 Å². The van der Waals surface area contributed by atoms with E-state index >= 15 is 0 Å². The molecule has 3 aromatic rings. The van der Waals surface area contributed by atoms with Crippen molar-refractivity contribution in [1.82, 2.24) is 10.2 Å². The van der Waals surface area contributed by atoms with E-state index in [2.05, 4.69) is 37.2 Å². The zero-order chi connectivity index (χ0) is 21.7. The second-order valence-corrected chi connectivity index (χ2v) is 8.54. The second-order valence-electron chi connectivity index (χ2n) is 6.83. The molecule has 0 fully saturated rings. The van der Waals surface area contributed by atoms with Crippen molar-refractivity contribution < 1.29 is 14.3 Å². The Kier molecular flexibility index (Phi) is 7.50. The summed E-state index contributed by atoms with van der Waals surface area (Å²) in [5.41, 5.74) is 0.917. The molecule has 0 heterocycles. The highest BCUT2D eigenvalue weighted by molar-refractivity contribution is 9.11. The Morgan fingerprint density at radius 3 is 2.57 bits per heavy atom. The summed E-state index contributed by atoms with van der Waals surface area (Å²) < 4.78 is 7.54. The van der Waals surface area contributed by atoms with Crippen molar-refractivity contribution in [2.24, 2.45) is 0 Å². The van der Waals surface area contributed by atoms with E-state index in [-0.39, 0.29) is 18.4 Å². The molecule has 2 amide bonds. The lowest BCUT2D eigenvalue weighted by molar-refractivity contribution is -0.142. The van der Waals surface area contributed by atoms with Gasteiger partial charge in [-0.15, -0.1) is 0 Å². The van der Waals surface area contributed by atoms with Crippen LogP contribution in [0.1, 0.15) is 12.5 Å². The summed E-state index contributed by atoms with van der Waals surface area (Å²) in [4.78, 5) is 26.8. The van der Waals surface area contributed by atoms with Crippen LogP contribution in [0.5, 0.6) is 5.75 Å². The number of halogens is 2. The van der Waals surface area contributed by atoms with Gasteiger partial charge in [0, 0.05) is 18.1 Å². The van der Waals surface area contributed by atoms with Gasteiger partial charge in [0.05, 0.1) is 4.47 Å². The molecule has 156 valence electrons. The zero-order valence-electron chi connectivity index (χ0n) is 16.7. The number of amides is 2. The smallest absolute Gasteiger partial charge is 0.261 e. The van der Waals surface area contributed by atoms with Crippen molar-refractivity contribution in [2.45, 2.75) is 19.5 Å². The number of nitrogens with zero attached hydrogens (tertiary/aromatic N) is 1. The van der Waals surface area contributed by atoms with Crippen molar-refractivity contribution >= 4 is 54.4 Å². The first-order chi connectivity index (χ1) is 14.4. The number of ether oxygens (including phenoxy) is 1. The highest BCUT2D eigenvalue weighted by Gasteiger charge is 2.26. The summed E-state index contributed by atoms with van der Waals surface area (Å²) in [5, 5.41) is 4.69. The molecule has 30 heavy (non-hydrogen) atoms. The van der Waals surface area contributed by atoms with Gasteiger partial charge in [-0.2, -0.15) is 0 Å². The third kappa shape index (κ3) is 5.21. The highest BCUT2D eigenvalue weighted by atomic mass is 79.9. The molecule has 0 aliphatic heterocycles. The first kappa shape index (κ1) is 22.3. The minimum Gasteiger partial charge on any atom is -0.483 e. The number of likely N-dealkylation sites (N-methyl/N-ethyl adjacent to an activating group) is 1. The number of nitrogens with one attached hydrogen (secondary N) is 1. The quantitative estimate of drug-likeness (QED) is 0.469. The van der Waals surface area contributed by atoms with Crippen molar-refractivity contribution in [3.8, 4) is 5.75 Å². The number of carbonyl (C=O) groups is 2. The van der Waals surface area contributed by atoms with Crippen LogP contribution in [-0.2, 0) is 16.1 Å². The molecule has 3 aromatic carbocycles. The third-order valence-corrected chi connectivity index (χ3v) is 6.15. The average Bonchev–Trinajstić information content (AvgIpc) is 2.76. The van der Waals surface area contributed by atoms with E-state index in [1.165, 1.54) is 4.90 Å². The second kappa shape index (κ2) is 10.1. The van der Waals surface area contributed by atoms with Crippen LogP contribution in [0.2, 0.25) is 0 Å². The maximum Gasteiger partial charge on any atom is 0.261 e. The summed E-state index contributed by atoms with van der Waals surface area (Å²) in [5.74, 6) is 0.0772. The minimum absolute atomic E-state index is 0.174. The average molecular weight is 534 g/mol. The third-order valence-electron chi connectivity index (χ3n) is 4.83. The number of hydrogen-bond donors (Lipinski definition) is 1. The topological polar surface area (TPSA) is 58.6 Å². The van der Waals surface area contributed by atoms with Gasteiger partial charge in [0.2, 0.25) is 5.91 Å². The lowest BCUT2D eigenvalue weighted by atomic mass is 10.1. The van der Waals surface area contributed by atoms with E-state index in [1.807, 2.05) is 60.7 Å². The molecule has 0 aliphatic rings. The molecular formula is C23H22Br2N2O3. The van der Waals surface area contributed by atoms with Crippen LogP contribution in [0.3, 0.4) is 0 Å². The molecule has 0 bridgehead atoms. The SMILES string of the molecule is CNC(=O)[C@H](C)N(Cc1cccc(Br)c1)C(=O)COc1ccc2ccccc2c1Br. The molecule has 0 saturated carbocycles. The predicted molar refractivity (Wildman–Crippen MR) is 125 cm³/mol. The monoisotopic (exact) mass is 532 g/mol. The van der Waals surface area contributed by atoms with Gasteiger partial charge in [-0.05, 0) is 57.4 Å². The molecule has 7 heteroatoms. The highest BCUT2D eigenvalue weighted by Crippen LogP contribution is 2.33. The van der Waals surface area contributed by atoms with Crippen LogP contribution in [0.15, 0.2) is 69.6 Å². The predicted octanol–water partition coefficient (Wildman–Crippen LogP) is 4.91. The first-order valence-electron chi connectivity index (χ1n) is 9.46. The lowest BCUT2D eigenvalue weighted by Gasteiger charge is -2.28. The van der Waals surface area contributed by atoms with Crippen molar-refractivity contribution in [2.75, 3.05) is 13.7 Å². The summed E-state index contributed by atoms with van der Waals surface area (Å²) >= 11 is 7.02. The Morgan fingerprint density at radius 1 is 1.07 bits per heavy atom. The number of fused-ring (bicyclic) bond motifs is 1. The normalized spacial score (nSPS) is 11.7. The Morgan fingerprint density at radius 2 is 1.83 bits per heavy atom. The van der Waals surface area contributed by atoms with Gasteiger partial charge in [-0.1, -0.05) is 58.4 Å². The van der Waals surface area contributed by atoms with Crippen LogP contribution in [-0.4, -0.2) is 36.4 Å². The van der Waals surface area contributed by atoms with E-state index in [0.717, 1.165) is 25.3 Å². The minimum atomic E-state index is -0.634. The molecule has 1 atom stereocenters. The number of hydrogen-bond acceptors (Lipinski definition) is 3. The van der Waals surface area contributed by atoms with Gasteiger partial charge in [-0.3, -0.25) is 9.59 Å². The molecular weight excluding hydrogens is 512 g/mol. The summed E-state index contributed by atoms with van der Waals surface area (Å²) in [6, 6.07) is 18.7. The number of benzene rings is 3. The molecule has 3 rings (SSSR count). The zero-order valence-corrected chi connectivity index (χ0v) is 19.9. The van der Waals surface area contributed by atoms with Crippen LogP contribution in [0.4, 0.5) is 0 Å². The molecule has 0 spiro atoms. The van der Waals surface area contributed by atoms with Gasteiger partial charge in [0.15, 0.2) is 6.61 Å². The molecule has 0 unspecified atom stereocenters. The molecule has 1 N–H and O–H groups in total. The van der Waals surface area contributed by atoms with Crippen molar-refractivity contribution in [1.29, 1.82) is 0 Å². The fourth-order valence-corrected chi connectivity index (χ4v) is 4.23. The Bertz CT molecular complexity index is 1070. The van der Waals surface area contributed by atoms with Gasteiger partial charge < -0.3 is 15.0 Å². The van der Waals surface area contributed by atoms with Crippen molar-refractivity contribution in [3.05, 3.63) is 75.2 Å². The van der Waals surface area contributed by atoms with Crippen LogP contribution in [0, 0.1) is 0 Å². The van der Waals surface area contributed by atoms with Gasteiger partial charge in [0.25, 0.3) is 5.91 Å². The van der Waals surface area contributed by atoms with E-state index < -0.39 is 6.04 Å². The van der Waals surface area contributed by atoms with Crippen LogP contribution in [0.25, 0.3) is 10.8 Å². The van der Waals surface area contributed by atoms with Gasteiger partial charge in [-0.25, -0.2) is 0 Å². The number of rotatable bonds is 7. The molecule has 0 aliphatic carbocycles. The Balaban J connectivity index is 1.79. The fourth-order valence-electron chi connectivity index (χ4n) is 3.17. The van der Waals surface area contributed by atoms with Crippen molar-refractivity contribution in [3.63, 3.8) is 0 Å². The maximum atomic E-state index is 13.0. The maximum absolute atomic E-state index is 13.0. The van der Waals surface area contributed by atoms with Gasteiger partial charge in [0.1, 0.15) is 11.8 Å². The Hall–Kier alpha value is -2.38. The van der Waals surface area contributed by atoms with Gasteiger partial charge >= 0.3 is 0 Å². The van der Waals surface area contributed by atoms with E-state index in [0.29, 0.717) is 12.3 Å². The summed E-state index contributed by atoms with van der Waals surface area (Å²) in [6.07, 6.45) is 0. The molecule has 5 nitrogen and oxygen atoms in total. The van der Waals surface area contributed by atoms with E-state index in [4.69, 9.17) is 4.74 Å². The molecule has 0 saturated heterocycles. The summed E-state index contributed by atoms with van der Waals surface area (Å²) in [6.45, 7) is 1.84. The number of carbonyl (C=O) groups excluding carboxylic acids is 2. The van der Waals surface area contributed by atoms with Crippen LogP contribution >= 0.6 is 31.9 Å². The fraction of sp³-hybridized carbons (Fsp3) is 0.217. The standard InChI is InChI=1S/C23H22Br2N2O3/c1-15(23(29)26-2)27(13-16-6-5-8-18(24)12-16)21(28)14-30-20-11-10-17-7-3-4-9-19(17)22(20)25/h3-12,15H,13-14H2,1-2H3,(H,26,29)/t15-/m0/s1. The molecule has 0 radical (unpaired) electrons. The lowest BCUT2D eigenvalue weighted by Crippen LogP contribution is -2.48. The largest absolute Gasteiger partial charge is 0.483 e. The Labute approximate surface area is 192 Å².